The van der Waals surface area contributed by atoms with E-state index in [1.165, 1.54) is 0 Å². The van der Waals surface area contributed by atoms with E-state index in [1.807, 2.05) is 35.9 Å². The van der Waals surface area contributed by atoms with Crippen molar-refractivity contribution in [1.29, 1.82) is 0 Å². The molecule has 1 aliphatic heterocycles. The SMILES string of the molecule is Cc1nn(Cc2c(Cl)cccc2Cl)c2cc(C(O)C3=NNNN3)ccc12. The lowest BCUT2D eigenvalue weighted by Crippen LogP contribution is -2.37. The zero-order valence-electron chi connectivity index (χ0n) is 13.8. The van der Waals surface area contributed by atoms with Gasteiger partial charge in [-0.15, -0.1) is 10.6 Å². The molecule has 4 N–H and O–H groups in total. The lowest BCUT2D eigenvalue weighted by molar-refractivity contribution is 0.243. The second kappa shape index (κ2) is 6.77. The quantitative estimate of drug-likeness (QED) is 0.550. The number of nitrogens with one attached hydrogen (secondary N) is 3. The van der Waals surface area contributed by atoms with Gasteiger partial charge in [0.1, 0.15) is 6.10 Å². The van der Waals surface area contributed by atoms with Crippen LogP contribution in [0.5, 0.6) is 0 Å². The number of hydrazine groups is 2. The molecule has 1 aliphatic rings. The van der Waals surface area contributed by atoms with Gasteiger partial charge in [0.05, 0.1) is 17.8 Å². The number of aliphatic hydroxyl groups is 1. The van der Waals surface area contributed by atoms with Crippen LogP contribution in [0.15, 0.2) is 41.5 Å². The van der Waals surface area contributed by atoms with Crippen molar-refractivity contribution in [3.8, 4) is 0 Å². The van der Waals surface area contributed by atoms with Gasteiger partial charge in [0.2, 0.25) is 0 Å². The number of halogens is 2. The van der Waals surface area contributed by atoms with Crippen LogP contribution >= 0.6 is 23.2 Å². The van der Waals surface area contributed by atoms with E-state index in [1.54, 1.807) is 12.1 Å². The highest BCUT2D eigenvalue weighted by Crippen LogP contribution is 2.28. The highest BCUT2D eigenvalue weighted by molar-refractivity contribution is 6.36. The van der Waals surface area contributed by atoms with E-state index in [2.05, 4.69) is 26.7 Å². The number of hydrogen-bond acceptors (Lipinski definition) is 6. The fourth-order valence-electron chi connectivity index (χ4n) is 2.98. The molecule has 1 atom stereocenters. The minimum atomic E-state index is -0.894. The Kier molecular flexibility index (Phi) is 4.46. The summed E-state index contributed by atoms with van der Waals surface area (Å²) in [4.78, 5) is 0. The molecule has 1 aromatic heterocycles. The number of aromatic nitrogens is 2. The Morgan fingerprint density at radius 1 is 1.19 bits per heavy atom. The molecular weight excluding hydrogens is 375 g/mol. The molecule has 134 valence electrons. The van der Waals surface area contributed by atoms with Gasteiger partial charge in [0.15, 0.2) is 5.84 Å². The molecule has 3 aromatic rings. The molecule has 9 heteroatoms. The number of hydrazone groups is 1. The first kappa shape index (κ1) is 17.1. The molecule has 0 radical (unpaired) electrons. The van der Waals surface area contributed by atoms with Crippen LogP contribution in [0.2, 0.25) is 10.0 Å². The number of aryl methyl sites for hydroxylation is 1. The molecule has 2 aromatic carbocycles. The van der Waals surface area contributed by atoms with Gasteiger partial charge < -0.3 is 5.11 Å². The number of hydrogen-bond donors (Lipinski definition) is 4. The first-order valence-electron chi connectivity index (χ1n) is 7.96. The van der Waals surface area contributed by atoms with Crippen molar-refractivity contribution in [3.05, 3.63) is 63.3 Å². The molecule has 0 spiro atoms. The molecule has 0 fully saturated rings. The summed E-state index contributed by atoms with van der Waals surface area (Å²) in [6.45, 7) is 2.38. The highest BCUT2D eigenvalue weighted by Gasteiger charge is 2.20. The Balaban J connectivity index is 1.76. The number of aliphatic hydroxyl groups excluding tert-OH is 1. The van der Waals surface area contributed by atoms with Gasteiger partial charge in [0.25, 0.3) is 0 Å². The topological polar surface area (TPSA) is 86.5 Å². The fraction of sp³-hybridized carbons (Fsp3) is 0.176. The van der Waals surface area contributed by atoms with Gasteiger partial charge >= 0.3 is 0 Å². The maximum atomic E-state index is 10.5. The summed E-state index contributed by atoms with van der Waals surface area (Å²) in [5.41, 5.74) is 11.2. The zero-order chi connectivity index (χ0) is 18.3. The molecule has 4 rings (SSSR count). The Morgan fingerprint density at radius 2 is 1.96 bits per heavy atom. The van der Waals surface area contributed by atoms with Gasteiger partial charge in [-0.2, -0.15) is 5.10 Å². The van der Waals surface area contributed by atoms with Gasteiger partial charge in [0, 0.05) is 21.0 Å². The largest absolute Gasteiger partial charge is 0.380 e. The van der Waals surface area contributed by atoms with Crippen LogP contribution in [0.3, 0.4) is 0 Å². The third-order valence-corrected chi connectivity index (χ3v) is 5.04. The molecular formula is C17H16Cl2N6O. The molecule has 0 saturated carbocycles. The van der Waals surface area contributed by atoms with Crippen LogP contribution in [0.25, 0.3) is 10.9 Å². The molecule has 0 bridgehead atoms. The second-order valence-corrected chi connectivity index (χ2v) is 6.80. The summed E-state index contributed by atoms with van der Waals surface area (Å²) in [5, 5.41) is 21.3. The first-order chi connectivity index (χ1) is 12.5. The summed E-state index contributed by atoms with van der Waals surface area (Å²) in [5.74, 6) is 0.390. The van der Waals surface area contributed by atoms with Crippen molar-refractivity contribution in [2.24, 2.45) is 5.10 Å². The van der Waals surface area contributed by atoms with E-state index in [-0.39, 0.29) is 0 Å². The Morgan fingerprint density at radius 3 is 2.65 bits per heavy atom. The molecule has 26 heavy (non-hydrogen) atoms. The molecule has 0 amide bonds. The third kappa shape index (κ3) is 2.99. The number of nitrogens with zero attached hydrogens (tertiary/aromatic N) is 3. The minimum absolute atomic E-state index is 0.390. The van der Waals surface area contributed by atoms with E-state index in [4.69, 9.17) is 23.2 Å². The Hall–Kier alpha value is -2.32. The molecule has 0 aliphatic carbocycles. The summed E-state index contributed by atoms with van der Waals surface area (Å²) in [7, 11) is 0. The Labute approximate surface area is 159 Å². The average Bonchev–Trinajstić information content (AvgIpc) is 3.26. The third-order valence-electron chi connectivity index (χ3n) is 4.33. The predicted molar refractivity (Wildman–Crippen MR) is 102 cm³/mol. The van der Waals surface area contributed by atoms with Gasteiger partial charge in [-0.25, -0.2) is 5.53 Å². The van der Waals surface area contributed by atoms with Crippen LogP contribution in [-0.4, -0.2) is 20.7 Å². The Bertz CT molecular complexity index is 996. The fourth-order valence-corrected chi connectivity index (χ4v) is 3.49. The van der Waals surface area contributed by atoms with Gasteiger partial charge in [-0.1, -0.05) is 41.4 Å². The summed E-state index contributed by atoms with van der Waals surface area (Å²) >= 11 is 12.6. The normalized spacial score (nSPS) is 14.8. The van der Waals surface area contributed by atoms with E-state index in [0.29, 0.717) is 28.0 Å². The minimum Gasteiger partial charge on any atom is -0.380 e. The van der Waals surface area contributed by atoms with E-state index in [9.17, 15) is 5.11 Å². The molecule has 7 nitrogen and oxygen atoms in total. The van der Waals surface area contributed by atoms with Crippen LogP contribution in [0.4, 0.5) is 0 Å². The van der Waals surface area contributed by atoms with Crippen molar-refractivity contribution >= 4 is 39.9 Å². The van der Waals surface area contributed by atoms with Crippen molar-refractivity contribution in [1.82, 2.24) is 26.3 Å². The monoisotopic (exact) mass is 390 g/mol. The van der Waals surface area contributed by atoms with Crippen molar-refractivity contribution in [2.75, 3.05) is 0 Å². The van der Waals surface area contributed by atoms with Crippen LogP contribution in [0.1, 0.15) is 22.9 Å². The summed E-state index contributed by atoms with van der Waals surface area (Å²) in [6, 6.07) is 11.1. The standard InChI is InChI=1S/C17H16Cl2N6O/c1-9-11-6-5-10(16(26)17-20-23-24-21-17)7-15(11)25(22-9)8-12-13(18)3-2-4-14(12)19/h2-7,16,23-24,26H,8H2,1H3,(H,20,21). The van der Waals surface area contributed by atoms with Crippen LogP contribution < -0.4 is 16.5 Å². The van der Waals surface area contributed by atoms with Gasteiger partial charge in [-0.05, 0) is 30.7 Å². The lowest BCUT2D eigenvalue weighted by atomic mass is 10.1. The van der Waals surface area contributed by atoms with Crippen LogP contribution in [0, 0.1) is 6.92 Å². The maximum Gasteiger partial charge on any atom is 0.173 e. The van der Waals surface area contributed by atoms with Crippen LogP contribution in [-0.2, 0) is 6.54 Å². The highest BCUT2D eigenvalue weighted by atomic mass is 35.5. The van der Waals surface area contributed by atoms with Crippen molar-refractivity contribution < 1.29 is 5.11 Å². The number of benzene rings is 2. The summed E-state index contributed by atoms with van der Waals surface area (Å²) < 4.78 is 1.84. The maximum absolute atomic E-state index is 10.5. The number of rotatable bonds is 4. The predicted octanol–water partition coefficient (Wildman–Crippen LogP) is 2.66. The smallest absolute Gasteiger partial charge is 0.173 e. The van der Waals surface area contributed by atoms with Gasteiger partial charge in [-0.3, -0.25) is 10.1 Å². The second-order valence-electron chi connectivity index (χ2n) is 5.98. The first-order valence-corrected chi connectivity index (χ1v) is 8.72. The van der Waals surface area contributed by atoms with E-state index in [0.717, 1.165) is 22.2 Å². The summed E-state index contributed by atoms with van der Waals surface area (Å²) in [6.07, 6.45) is -0.894. The van der Waals surface area contributed by atoms with Crippen molar-refractivity contribution in [3.63, 3.8) is 0 Å². The molecule has 2 heterocycles. The van der Waals surface area contributed by atoms with Crippen molar-refractivity contribution in [2.45, 2.75) is 19.6 Å². The van der Waals surface area contributed by atoms with E-state index >= 15 is 0 Å². The van der Waals surface area contributed by atoms with E-state index < -0.39 is 6.10 Å². The lowest BCUT2D eigenvalue weighted by Gasteiger charge is -2.12. The molecule has 1 unspecified atom stereocenters. The number of amidine groups is 1. The zero-order valence-corrected chi connectivity index (χ0v) is 15.3. The molecule has 0 saturated heterocycles. The number of fused-ring (bicyclic) bond motifs is 1. The average molecular weight is 391 g/mol.